The van der Waals surface area contributed by atoms with Gasteiger partial charge in [0.25, 0.3) is 0 Å². The molecule has 2 rings (SSSR count). The molecular formula is C21H30N2. The van der Waals surface area contributed by atoms with Crippen LogP contribution in [0.5, 0.6) is 0 Å². The van der Waals surface area contributed by atoms with Gasteiger partial charge in [0.2, 0.25) is 0 Å². The molecule has 0 aliphatic carbocycles. The number of hydrogen-bond donors (Lipinski definition) is 0. The van der Waals surface area contributed by atoms with Crippen molar-refractivity contribution in [1.82, 2.24) is 4.90 Å². The van der Waals surface area contributed by atoms with Gasteiger partial charge in [-0.05, 0) is 42.8 Å². The monoisotopic (exact) mass is 310 g/mol. The Morgan fingerprint density at radius 2 is 1.39 bits per heavy atom. The molecule has 0 radical (unpaired) electrons. The summed E-state index contributed by atoms with van der Waals surface area (Å²) >= 11 is 0. The third-order valence-electron chi connectivity index (χ3n) is 4.13. The molecule has 0 bridgehead atoms. The fourth-order valence-electron chi connectivity index (χ4n) is 2.59. The van der Waals surface area contributed by atoms with Gasteiger partial charge in [0.05, 0.1) is 0 Å². The maximum Gasteiger partial charge on any atom is 0.0430 e. The van der Waals surface area contributed by atoms with E-state index in [0.29, 0.717) is 0 Å². The fourth-order valence-corrected chi connectivity index (χ4v) is 2.59. The average Bonchev–Trinajstić information content (AvgIpc) is 2.51. The second-order valence-corrected chi connectivity index (χ2v) is 7.51. The van der Waals surface area contributed by atoms with Gasteiger partial charge in [0.15, 0.2) is 0 Å². The summed E-state index contributed by atoms with van der Waals surface area (Å²) in [4.78, 5) is 4.69. The van der Waals surface area contributed by atoms with Crippen LogP contribution >= 0.6 is 0 Å². The van der Waals surface area contributed by atoms with Crippen LogP contribution in [-0.2, 0) is 12.0 Å². The van der Waals surface area contributed by atoms with Gasteiger partial charge in [-0.15, -0.1) is 0 Å². The molecule has 23 heavy (non-hydrogen) atoms. The molecule has 0 amide bonds. The maximum atomic E-state index is 2.45. The highest BCUT2D eigenvalue weighted by molar-refractivity contribution is 5.47. The standard InChI is InChI=1S/C21H30N2/c1-21(2,3)19-13-11-18(12-14-19)17-23(16-15-22(4)5)20-9-7-6-8-10-20/h6-14H,15-17H2,1-5H3. The minimum atomic E-state index is 0.211. The summed E-state index contributed by atoms with van der Waals surface area (Å²) in [6.45, 7) is 9.80. The first-order valence-corrected chi connectivity index (χ1v) is 8.40. The number of benzene rings is 2. The number of para-hydroxylation sites is 1. The predicted molar refractivity (Wildman–Crippen MR) is 101 cm³/mol. The van der Waals surface area contributed by atoms with Crippen LogP contribution in [0.1, 0.15) is 31.9 Å². The summed E-state index contributed by atoms with van der Waals surface area (Å²) in [5, 5.41) is 0. The normalized spacial score (nSPS) is 11.7. The summed E-state index contributed by atoms with van der Waals surface area (Å²) in [5.41, 5.74) is 4.25. The van der Waals surface area contributed by atoms with Gasteiger partial charge in [-0.1, -0.05) is 63.2 Å². The lowest BCUT2D eigenvalue weighted by Gasteiger charge is -2.27. The molecule has 0 N–H and O–H groups in total. The molecule has 124 valence electrons. The lowest BCUT2D eigenvalue weighted by atomic mass is 9.87. The molecule has 2 nitrogen and oxygen atoms in total. The third kappa shape index (κ3) is 5.40. The zero-order valence-corrected chi connectivity index (χ0v) is 15.2. The smallest absolute Gasteiger partial charge is 0.0430 e. The van der Waals surface area contributed by atoms with Crippen molar-refractivity contribution in [1.29, 1.82) is 0 Å². The maximum absolute atomic E-state index is 2.45. The minimum absolute atomic E-state index is 0.211. The second kappa shape index (κ2) is 7.65. The van der Waals surface area contributed by atoms with Crippen molar-refractivity contribution in [2.24, 2.45) is 0 Å². The molecule has 0 atom stereocenters. The van der Waals surface area contributed by atoms with Crippen LogP contribution in [-0.4, -0.2) is 32.1 Å². The molecule has 0 unspecified atom stereocenters. The topological polar surface area (TPSA) is 6.48 Å². The molecule has 2 aromatic carbocycles. The van der Waals surface area contributed by atoms with Crippen molar-refractivity contribution in [3.63, 3.8) is 0 Å². The summed E-state index contributed by atoms with van der Waals surface area (Å²) in [6.07, 6.45) is 0. The van der Waals surface area contributed by atoms with Gasteiger partial charge >= 0.3 is 0 Å². The number of rotatable bonds is 6. The van der Waals surface area contributed by atoms with Crippen molar-refractivity contribution in [2.45, 2.75) is 32.7 Å². The molecule has 0 fully saturated rings. The highest BCUT2D eigenvalue weighted by Crippen LogP contribution is 2.23. The van der Waals surface area contributed by atoms with Gasteiger partial charge in [-0.2, -0.15) is 0 Å². The molecule has 0 aromatic heterocycles. The Labute approximate surface area is 141 Å². The number of hydrogen-bond acceptors (Lipinski definition) is 2. The van der Waals surface area contributed by atoms with Crippen LogP contribution in [0.15, 0.2) is 54.6 Å². The van der Waals surface area contributed by atoms with E-state index < -0.39 is 0 Å². The van der Waals surface area contributed by atoms with E-state index in [1.165, 1.54) is 16.8 Å². The summed E-state index contributed by atoms with van der Waals surface area (Å²) < 4.78 is 0. The van der Waals surface area contributed by atoms with Crippen LogP contribution < -0.4 is 4.90 Å². The lowest BCUT2D eigenvalue weighted by molar-refractivity contribution is 0.412. The molecule has 2 heteroatoms. The van der Waals surface area contributed by atoms with Crippen molar-refractivity contribution in [2.75, 3.05) is 32.1 Å². The first-order valence-electron chi connectivity index (χ1n) is 8.40. The van der Waals surface area contributed by atoms with Crippen molar-refractivity contribution >= 4 is 5.69 Å². The van der Waals surface area contributed by atoms with Crippen LogP contribution in [0, 0.1) is 0 Å². The number of likely N-dealkylation sites (N-methyl/N-ethyl adjacent to an activating group) is 1. The van der Waals surface area contributed by atoms with Crippen molar-refractivity contribution in [3.05, 3.63) is 65.7 Å². The highest BCUT2D eigenvalue weighted by atomic mass is 15.2. The van der Waals surface area contributed by atoms with E-state index in [-0.39, 0.29) is 5.41 Å². The zero-order chi connectivity index (χ0) is 16.9. The minimum Gasteiger partial charge on any atom is -0.366 e. The Morgan fingerprint density at radius 1 is 0.783 bits per heavy atom. The SMILES string of the molecule is CN(C)CCN(Cc1ccc(C(C)(C)C)cc1)c1ccccc1. The van der Waals surface area contributed by atoms with E-state index >= 15 is 0 Å². The number of nitrogens with zero attached hydrogens (tertiary/aromatic N) is 2. The lowest BCUT2D eigenvalue weighted by Crippen LogP contribution is -2.31. The van der Waals surface area contributed by atoms with E-state index in [2.05, 4.69) is 99.3 Å². The van der Waals surface area contributed by atoms with Crippen LogP contribution in [0.2, 0.25) is 0 Å². The Kier molecular flexibility index (Phi) is 5.84. The summed E-state index contributed by atoms with van der Waals surface area (Å²) in [7, 11) is 4.25. The van der Waals surface area contributed by atoms with Crippen molar-refractivity contribution < 1.29 is 0 Å². The quantitative estimate of drug-likeness (QED) is 0.772. The van der Waals surface area contributed by atoms with Crippen LogP contribution in [0.25, 0.3) is 0 Å². The van der Waals surface area contributed by atoms with Gasteiger partial charge in [0.1, 0.15) is 0 Å². The Morgan fingerprint density at radius 3 is 1.91 bits per heavy atom. The average molecular weight is 310 g/mol. The largest absolute Gasteiger partial charge is 0.366 e. The Hall–Kier alpha value is -1.80. The first-order chi connectivity index (χ1) is 10.9. The van der Waals surface area contributed by atoms with E-state index in [1.54, 1.807) is 0 Å². The Bertz CT molecular complexity index is 579. The van der Waals surface area contributed by atoms with Gasteiger partial charge < -0.3 is 9.80 Å². The van der Waals surface area contributed by atoms with Crippen LogP contribution in [0.3, 0.4) is 0 Å². The summed E-state index contributed by atoms with van der Waals surface area (Å²) in [5.74, 6) is 0. The summed E-state index contributed by atoms with van der Waals surface area (Å²) in [6, 6.07) is 19.8. The van der Waals surface area contributed by atoms with Crippen LogP contribution in [0.4, 0.5) is 5.69 Å². The van der Waals surface area contributed by atoms with Gasteiger partial charge in [-0.25, -0.2) is 0 Å². The molecule has 0 heterocycles. The number of anilines is 1. The van der Waals surface area contributed by atoms with E-state index in [1.807, 2.05) is 0 Å². The molecular weight excluding hydrogens is 280 g/mol. The molecule has 2 aromatic rings. The predicted octanol–water partition coefficient (Wildman–Crippen LogP) is 4.55. The highest BCUT2D eigenvalue weighted by Gasteiger charge is 2.13. The van der Waals surface area contributed by atoms with E-state index in [4.69, 9.17) is 0 Å². The van der Waals surface area contributed by atoms with E-state index in [0.717, 1.165) is 19.6 Å². The Balaban J connectivity index is 2.14. The molecule has 0 saturated heterocycles. The molecule has 0 aliphatic rings. The van der Waals surface area contributed by atoms with Crippen molar-refractivity contribution in [3.8, 4) is 0 Å². The molecule has 0 aliphatic heterocycles. The van der Waals surface area contributed by atoms with Gasteiger partial charge in [-0.3, -0.25) is 0 Å². The fraction of sp³-hybridized carbons (Fsp3) is 0.429. The first kappa shape index (κ1) is 17.6. The van der Waals surface area contributed by atoms with E-state index in [9.17, 15) is 0 Å². The second-order valence-electron chi connectivity index (χ2n) is 7.51. The molecule has 0 spiro atoms. The third-order valence-corrected chi connectivity index (χ3v) is 4.13. The van der Waals surface area contributed by atoms with Gasteiger partial charge in [0, 0.05) is 25.3 Å². The molecule has 0 saturated carbocycles. The zero-order valence-electron chi connectivity index (χ0n) is 15.2.